The normalized spacial score (nSPS) is 11.2. The van der Waals surface area contributed by atoms with E-state index in [0.29, 0.717) is 22.6 Å². The number of hydrogen-bond donors (Lipinski definition) is 2. The van der Waals surface area contributed by atoms with Crippen LogP contribution in [0.25, 0.3) is 0 Å². The quantitative estimate of drug-likeness (QED) is 0.656. The first-order chi connectivity index (χ1) is 10.7. The van der Waals surface area contributed by atoms with Crippen LogP contribution < -0.4 is 9.47 Å². The Morgan fingerprint density at radius 2 is 1.64 bits per heavy atom. The molecule has 0 aromatic heterocycles. The lowest BCUT2D eigenvalue weighted by Crippen LogP contribution is -1.93. The van der Waals surface area contributed by atoms with Gasteiger partial charge in [0.2, 0.25) is 0 Å². The zero-order chi connectivity index (χ0) is 15.9. The number of phenols is 2. The molecule has 0 unspecified atom stereocenters. The molecule has 22 heavy (non-hydrogen) atoms. The van der Waals surface area contributed by atoms with Crippen LogP contribution in [-0.4, -0.2) is 36.9 Å². The van der Waals surface area contributed by atoms with Crippen molar-refractivity contribution < 1.29 is 19.7 Å². The van der Waals surface area contributed by atoms with E-state index in [0.717, 1.165) is 0 Å². The predicted octanol–water partition coefficient (Wildman–Crippen LogP) is 2.57. The number of aromatic hydroxyl groups is 2. The van der Waals surface area contributed by atoms with E-state index >= 15 is 0 Å². The lowest BCUT2D eigenvalue weighted by atomic mass is 10.2. The Balaban J connectivity index is 2.22. The summed E-state index contributed by atoms with van der Waals surface area (Å²) in [5.41, 5.74) is 0.934. The highest BCUT2D eigenvalue weighted by atomic mass is 16.5. The van der Waals surface area contributed by atoms with Crippen LogP contribution in [0.5, 0.6) is 23.0 Å². The first kappa shape index (κ1) is 15.4. The standard InChI is InChI=1S/C16H16N2O4/c1-21-12-7-15(20)13(16(8-12)22-2)10-18-17-9-11-5-3-4-6-14(11)19/h3-10,19-20H,1-2H3. The van der Waals surface area contributed by atoms with E-state index in [2.05, 4.69) is 10.2 Å². The van der Waals surface area contributed by atoms with Gasteiger partial charge in [-0.2, -0.15) is 10.2 Å². The fourth-order valence-electron chi connectivity index (χ4n) is 1.79. The highest BCUT2D eigenvalue weighted by Gasteiger charge is 2.09. The van der Waals surface area contributed by atoms with Crippen LogP contribution in [0.1, 0.15) is 11.1 Å². The van der Waals surface area contributed by atoms with Crippen LogP contribution in [0.15, 0.2) is 46.6 Å². The van der Waals surface area contributed by atoms with E-state index in [4.69, 9.17) is 9.47 Å². The summed E-state index contributed by atoms with van der Waals surface area (Å²) in [4.78, 5) is 0. The zero-order valence-electron chi connectivity index (χ0n) is 12.2. The molecule has 0 aliphatic carbocycles. The molecule has 0 atom stereocenters. The molecule has 2 aromatic rings. The molecular weight excluding hydrogens is 284 g/mol. The largest absolute Gasteiger partial charge is 0.507 e. The average molecular weight is 300 g/mol. The number of nitrogens with zero attached hydrogens (tertiary/aromatic N) is 2. The molecule has 0 bridgehead atoms. The fraction of sp³-hybridized carbons (Fsp3) is 0.125. The van der Waals surface area contributed by atoms with Crippen molar-refractivity contribution >= 4 is 12.4 Å². The van der Waals surface area contributed by atoms with Crippen molar-refractivity contribution in [2.75, 3.05) is 14.2 Å². The second kappa shape index (κ2) is 7.12. The highest BCUT2D eigenvalue weighted by Crippen LogP contribution is 2.31. The van der Waals surface area contributed by atoms with E-state index < -0.39 is 0 Å². The minimum atomic E-state index is -0.0299. The van der Waals surface area contributed by atoms with Crippen molar-refractivity contribution in [2.24, 2.45) is 10.2 Å². The van der Waals surface area contributed by atoms with Gasteiger partial charge in [0.1, 0.15) is 23.0 Å². The van der Waals surface area contributed by atoms with Crippen molar-refractivity contribution in [3.05, 3.63) is 47.5 Å². The molecule has 114 valence electrons. The Labute approximate surface area is 128 Å². The number of phenolic OH excluding ortho intramolecular Hbond substituents is 2. The van der Waals surface area contributed by atoms with Crippen LogP contribution in [0.3, 0.4) is 0 Å². The Hall–Kier alpha value is -3.02. The van der Waals surface area contributed by atoms with Gasteiger partial charge in [-0.25, -0.2) is 0 Å². The van der Waals surface area contributed by atoms with E-state index in [1.165, 1.54) is 32.7 Å². The molecule has 0 amide bonds. The van der Waals surface area contributed by atoms with Gasteiger partial charge in [0, 0.05) is 17.7 Å². The van der Waals surface area contributed by atoms with Gasteiger partial charge < -0.3 is 19.7 Å². The third-order valence-electron chi connectivity index (χ3n) is 2.94. The second-order valence-electron chi connectivity index (χ2n) is 4.31. The first-order valence-electron chi connectivity index (χ1n) is 6.45. The van der Waals surface area contributed by atoms with Gasteiger partial charge >= 0.3 is 0 Å². The lowest BCUT2D eigenvalue weighted by molar-refractivity contribution is 0.384. The molecule has 2 aromatic carbocycles. The van der Waals surface area contributed by atoms with E-state index in [1.807, 2.05) is 0 Å². The third kappa shape index (κ3) is 3.54. The summed E-state index contributed by atoms with van der Waals surface area (Å²) < 4.78 is 10.2. The number of ether oxygens (including phenoxy) is 2. The van der Waals surface area contributed by atoms with E-state index in [-0.39, 0.29) is 11.5 Å². The molecule has 0 radical (unpaired) electrons. The highest BCUT2D eigenvalue weighted by molar-refractivity contribution is 5.89. The molecule has 6 nitrogen and oxygen atoms in total. The summed E-state index contributed by atoms with van der Waals surface area (Å²) >= 11 is 0. The molecule has 0 aliphatic rings. The van der Waals surface area contributed by atoms with Gasteiger partial charge in [0.25, 0.3) is 0 Å². The van der Waals surface area contributed by atoms with E-state index in [1.54, 1.807) is 30.3 Å². The maximum Gasteiger partial charge on any atom is 0.135 e. The number of methoxy groups -OCH3 is 2. The minimum absolute atomic E-state index is 0.0299. The molecule has 0 saturated carbocycles. The number of para-hydroxylation sites is 1. The van der Waals surface area contributed by atoms with Gasteiger partial charge in [-0.05, 0) is 12.1 Å². The number of rotatable bonds is 5. The molecule has 2 rings (SSSR count). The maximum atomic E-state index is 9.95. The summed E-state index contributed by atoms with van der Waals surface area (Å²) in [7, 11) is 2.98. The third-order valence-corrected chi connectivity index (χ3v) is 2.94. The maximum absolute atomic E-state index is 9.95. The van der Waals surface area contributed by atoms with Crippen LogP contribution in [0, 0.1) is 0 Å². The minimum Gasteiger partial charge on any atom is -0.507 e. The Morgan fingerprint density at radius 3 is 2.32 bits per heavy atom. The van der Waals surface area contributed by atoms with Crippen molar-refractivity contribution in [3.63, 3.8) is 0 Å². The van der Waals surface area contributed by atoms with Gasteiger partial charge in [0.15, 0.2) is 0 Å². The summed E-state index contributed by atoms with van der Waals surface area (Å²) in [6.07, 6.45) is 2.78. The summed E-state index contributed by atoms with van der Waals surface area (Å²) in [6.45, 7) is 0. The molecule has 6 heteroatoms. The lowest BCUT2D eigenvalue weighted by Gasteiger charge is -2.08. The first-order valence-corrected chi connectivity index (χ1v) is 6.45. The van der Waals surface area contributed by atoms with Crippen LogP contribution in [0.2, 0.25) is 0 Å². The molecule has 0 heterocycles. The SMILES string of the molecule is COc1cc(O)c(C=NN=Cc2ccccc2O)c(OC)c1. The molecule has 0 saturated heterocycles. The van der Waals surface area contributed by atoms with Crippen LogP contribution in [-0.2, 0) is 0 Å². The Kier molecular flexibility index (Phi) is 4.98. The van der Waals surface area contributed by atoms with Gasteiger partial charge in [-0.3, -0.25) is 0 Å². The van der Waals surface area contributed by atoms with Gasteiger partial charge in [-0.1, -0.05) is 12.1 Å². The number of hydrogen-bond acceptors (Lipinski definition) is 6. The van der Waals surface area contributed by atoms with Crippen molar-refractivity contribution in [3.8, 4) is 23.0 Å². The summed E-state index contributed by atoms with van der Waals surface area (Å²) in [5.74, 6) is 0.978. The Bertz CT molecular complexity index is 711. The average Bonchev–Trinajstić information content (AvgIpc) is 2.53. The topological polar surface area (TPSA) is 83.6 Å². The van der Waals surface area contributed by atoms with Crippen molar-refractivity contribution in [1.29, 1.82) is 0 Å². The summed E-state index contributed by atoms with van der Waals surface area (Å²) in [6, 6.07) is 9.85. The van der Waals surface area contributed by atoms with Crippen LogP contribution >= 0.6 is 0 Å². The molecular formula is C16H16N2O4. The molecule has 0 aliphatic heterocycles. The molecule has 0 fully saturated rings. The van der Waals surface area contributed by atoms with Crippen molar-refractivity contribution in [2.45, 2.75) is 0 Å². The zero-order valence-corrected chi connectivity index (χ0v) is 12.2. The molecule has 2 N–H and O–H groups in total. The van der Waals surface area contributed by atoms with Gasteiger partial charge in [0.05, 0.1) is 32.2 Å². The fourth-order valence-corrected chi connectivity index (χ4v) is 1.79. The van der Waals surface area contributed by atoms with Gasteiger partial charge in [-0.15, -0.1) is 0 Å². The van der Waals surface area contributed by atoms with Crippen LogP contribution in [0.4, 0.5) is 0 Å². The summed E-state index contributed by atoms with van der Waals surface area (Å²) in [5, 5.41) is 27.2. The number of benzene rings is 2. The monoisotopic (exact) mass is 300 g/mol. The second-order valence-corrected chi connectivity index (χ2v) is 4.31. The predicted molar refractivity (Wildman–Crippen MR) is 84.5 cm³/mol. The molecule has 0 spiro atoms. The van der Waals surface area contributed by atoms with Crippen molar-refractivity contribution in [1.82, 2.24) is 0 Å². The Morgan fingerprint density at radius 1 is 0.909 bits per heavy atom. The smallest absolute Gasteiger partial charge is 0.135 e. The van der Waals surface area contributed by atoms with E-state index in [9.17, 15) is 10.2 Å².